The molecule has 3 aromatic heterocycles. The topological polar surface area (TPSA) is 76.2 Å². The van der Waals surface area contributed by atoms with Gasteiger partial charge >= 0.3 is 0 Å². The number of rotatable bonds is 4. The lowest BCUT2D eigenvalue weighted by Crippen LogP contribution is -2.54. The van der Waals surface area contributed by atoms with E-state index in [1.165, 1.54) is 5.56 Å². The van der Waals surface area contributed by atoms with E-state index in [-0.39, 0.29) is 5.91 Å². The Kier molecular flexibility index (Phi) is 4.01. The SMILES string of the molecule is Cc1ccn2cc(CNC(=O)C3(n4cccn4)CCNCC3)nc2c1. The summed E-state index contributed by atoms with van der Waals surface area (Å²) >= 11 is 0. The number of hydrogen-bond donors (Lipinski definition) is 2. The number of amides is 1. The highest BCUT2D eigenvalue weighted by Crippen LogP contribution is 2.27. The summed E-state index contributed by atoms with van der Waals surface area (Å²) in [4.78, 5) is 17.6. The first-order chi connectivity index (χ1) is 12.2. The molecule has 0 aromatic carbocycles. The zero-order chi connectivity index (χ0) is 17.3. The number of pyridine rings is 1. The van der Waals surface area contributed by atoms with E-state index in [0.717, 1.165) is 37.3 Å². The zero-order valence-corrected chi connectivity index (χ0v) is 14.3. The molecule has 4 heterocycles. The second kappa shape index (κ2) is 6.33. The Morgan fingerprint density at radius 2 is 2.20 bits per heavy atom. The molecule has 3 aromatic rings. The summed E-state index contributed by atoms with van der Waals surface area (Å²) in [6, 6.07) is 5.93. The molecule has 7 nitrogen and oxygen atoms in total. The summed E-state index contributed by atoms with van der Waals surface area (Å²) in [7, 11) is 0. The molecule has 1 fully saturated rings. The van der Waals surface area contributed by atoms with Crippen molar-refractivity contribution in [3.05, 3.63) is 54.2 Å². The van der Waals surface area contributed by atoms with Gasteiger partial charge in [-0.25, -0.2) is 4.98 Å². The maximum absolute atomic E-state index is 13.0. The fourth-order valence-electron chi connectivity index (χ4n) is 3.48. The van der Waals surface area contributed by atoms with E-state index in [2.05, 4.69) is 20.7 Å². The molecular weight excluding hydrogens is 316 g/mol. The van der Waals surface area contributed by atoms with Crippen molar-refractivity contribution in [2.45, 2.75) is 31.8 Å². The van der Waals surface area contributed by atoms with Crippen LogP contribution >= 0.6 is 0 Å². The first-order valence-electron chi connectivity index (χ1n) is 8.61. The van der Waals surface area contributed by atoms with Gasteiger partial charge < -0.3 is 15.0 Å². The smallest absolute Gasteiger partial charge is 0.248 e. The van der Waals surface area contributed by atoms with E-state index in [4.69, 9.17) is 0 Å². The minimum atomic E-state index is -0.621. The zero-order valence-electron chi connectivity index (χ0n) is 14.3. The molecule has 130 valence electrons. The molecule has 0 atom stereocenters. The third kappa shape index (κ3) is 2.91. The molecule has 25 heavy (non-hydrogen) atoms. The highest BCUT2D eigenvalue weighted by atomic mass is 16.2. The Balaban J connectivity index is 1.53. The molecule has 0 unspecified atom stereocenters. The van der Waals surface area contributed by atoms with Crippen molar-refractivity contribution in [2.75, 3.05) is 13.1 Å². The minimum Gasteiger partial charge on any atom is -0.348 e. The van der Waals surface area contributed by atoms with E-state index >= 15 is 0 Å². The van der Waals surface area contributed by atoms with Crippen LogP contribution in [0.1, 0.15) is 24.1 Å². The predicted octanol–water partition coefficient (Wildman–Crippen LogP) is 1.23. The van der Waals surface area contributed by atoms with Gasteiger partial charge in [-0.05, 0) is 56.6 Å². The summed E-state index contributed by atoms with van der Waals surface area (Å²) in [6.07, 6.45) is 8.99. The molecule has 1 aliphatic rings. The summed E-state index contributed by atoms with van der Waals surface area (Å²) in [5.41, 5.74) is 2.29. The quantitative estimate of drug-likeness (QED) is 0.750. The largest absolute Gasteiger partial charge is 0.348 e. The highest BCUT2D eigenvalue weighted by Gasteiger charge is 2.41. The number of fused-ring (bicyclic) bond motifs is 1. The highest BCUT2D eigenvalue weighted by molar-refractivity contribution is 5.84. The number of aromatic nitrogens is 4. The van der Waals surface area contributed by atoms with Crippen LogP contribution in [0.15, 0.2) is 43.0 Å². The number of aryl methyl sites for hydroxylation is 1. The van der Waals surface area contributed by atoms with Gasteiger partial charge in [0.05, 0.1) is 12.2 Å². The van der Waals surface area contributed by atoms with Crippen molar-refractivity contribution in [2.24, 2.45) is 0 Å². The summed E-state index contributed by atoms with van der Waals surface area (Å²) in [6.45, 7) is 4.07. The van der Waals surface area contributed by atoms with Crippen LogP contribution in [0.25, 0.3) is 5.65 Å². The fraction of sp³-hybridized carbons (Fsp3) is 0.389. The number of hydrogen-bond acceptors (Lipinski definition) is 4. The Hall–Kier alpha value is -2.67. The summed E-state index contributed by atoms with van der Waals surface area (Å²) < 4.78 is 3.78. The number of nitrogens with zero attached hydrogens (tertiary/aromatic N) is 4. The molecule has 1 aliphatic heterocycles. The lowest BCUT2D eigenvalue weighted by molar-refractivity contribution is -0.132. The third-order valence-corrected chi connectivity index (χ3v) is 4.89. The first kappa shape index (κ1) is 15.8. The van der Waals surface area contributed by atoms with E-state index < -0.39 is 5.54 Å². The van der Waals surface area contributed by atoms with Crippen molar-refractivity contribution in [3.8, 4) is 0 Å². The van der Waals surface area contributed by atoms with Crippen LogP contribution in [-0.4, -0.2) is 38.2 Å². The van der Waals surface area contributed by atoms with Crippen molar-refractivity contribution in [3.63, 3.8) is 0 Å². The van der Waals surface area contributed by atoms with Gasteiger partial charge in [0.2, 0.25) is 5.91 Å². The van der Waals surface area contributed by atoms with Gasteiger partial charge in [0.15, 0.2) is 0 Å². The minimum absolute atomic E-state index is 0.00550. The molecule has 0 saturated carbocycles. The van der Waals surface area contributed by atoms with Crippen LogP contribution in [0, 0.1) is 6.92 Å². The third-order valence-electron chi connectivity index (χ3n) is 4.89. The van der Waals surface area contributed by atoms with Gasteiger partial charge in [0, 0.05) is 24.8 Å². The number of imidazole rings is 1. The Bertz CT molecular complexity index is 876. The van der Waals surface area contributed by atoms with Crippen LogP contribution in [0.2, 0.25) is 0 Å². The monoisotopic (exact) mass is 338 g/mol. The van der Waals surface area contributed by atoms with E-state index in [1.807, 2.05) is 48.1 Å². The molecule has 0 radical (unpaired) electrons. The van der Waals surface area contributed by atoms with Gasteiger partial charge in [0.1, 0.15) is 11.2 Å². The molecule has 7 heteroatoms. The lowest BCUT2D eigenvalue weighted by atomic mass is 9.87. The number of nitrogens with one attached hydrogen (secondary N) is 2. The Morgan fingerprint density at radius 1 is 1.36 bits per heavy atom. The van der Waals surface area contributed by atoms with E-state index in [1.54, 1.807) is 10.9 Å². The first-order valence-corrected chi connectivity index (χ1v) is 8.61. The van der Waals surface area contributed by atoms with Gasteiger partial charge in [-0.1, -0.05) is 0 Å². The second-order valence-electron chi connectivity index (χ2n) is 6.62. The van der Waals surface area contributed by atoms with Crippen LogP contribution in [-0.2, 0) is 16.9 Å². The van der Waals surface area contributed by atoms with E-state index in [9.17, 15) is 4.79 Å². The molecule has 4 rings (SSSR count). The van der Waals surface area contributed by atoms with Crippen LogP contribution in [0.3, 0.4) is 0 Å². The van der Waals surface area contributed by atoms with Gasteiger partial charge in [-0.2, -0.15) is 5.10 Å². The normalized spacial score (nSPS) is 16.8. The fourth-order valence-corrected chi connectivity index (χ4v) is 3.48. The van der Waals surface area contributed by atoms with Crippen molar-refractivity contribution < 1.29 is 4.79 Å². The van der Waals surface area contributed by atoms with E-state index in [0.29, 0.717) is 6.54 Å². The molecular formula is C18H22N6O. The van der Waals surface area contributed by atoms with Gasteiger partial charge in [0.25, 0.3) is 0 Å². The maximum atomic E-state index is 13.0. The number of carbonyl (C=O) groups is 1. The van der Waals surface area contributed by atoms with Crippen molar-refractivity contribution in [1.29, 1.82) is 0 Å². The Morgan fingerprint density at radius 3 is 2.96 bits per heavy atom. The molecule has 2 N–H and O–H groups in total. The number of piperidine rings is 1. The average molecular weight is 338 g/mol. The van der Waals surface area contributed by atoms with Crippen molar-refractivity contribution >= 4 is 11.6 Å². The molecule has 0 spiro atoms. The van der Waals surface area contributed by atoms with Gasteiger partial charge in [-0.3, -0.25) is 9.48 Å². The van der Waals surface area contributed by atoms with Crippen LogP contribution < -0.4 is 10.6 Å². The molecule has 0 aliphatic carbocycles. The molecule has 1 amide bonds. The van der Waals surface area contributed by atoms with Crippen molar-refractivity contribution in [1.82, 2.24) is 29.8 Å². The maximum Gasteiger partial charge on any atom is 0.248 e. The standard InChI is InChI=1S/C18H22N6O/c1-14-3-10-23-13-15(22-16(23)11-14)12-20-17(25)18(4-7-19-8-5-18)24-9-2-6-21-24/h2-3,6,9-11,13,19H,4-5,7-8,12H2,1H3,(H,20,25). The summed E-state index contributed by atoms with van der Waals surface area (Å²) in [5.74, 6) is 0.00550. The molecule has 0 bridgehead atoms. The van der Waals surface area contributed by atoms with Crippen LogP contribution in [0.5, 0.6) is 0 Å². The molecule has 1 saturated heterocycles. The average Bonchev–Trinajstić information content (AvgIpc) is 3.29. The van der Waals surface area contributed by atoms with Gasteiger partial charge in [-0.15, -0.1) is 0 Å². The summed E-state index contributed by atoms with van der Waals surface area (Å²) in [5, 5.41) is 10.7. The second-order valence-corrected chi connectivity index (χ2v) is 6.62. The Labute approximate surface area is 146 Å². The lowest BCUT2D eigenvalue weighted by Gasteiger charge is -2.36. The number of carbonyl (C=O) groups excluding carboxylic acids is 1. The predicted molar refractivity (Wildman–Crippen MR) is 94.1 cm³/mol. The van der Waals surface area contributed by atoms with Crippen LogP contribution in [0.4, 0.5) is 0 Å².